The van der Waals surface area contributed by atoms with Gasteiger partial charge in [-0.3, -0.25) is 4.98 Å². The zero-order valence-electron chi connectivity index (χ0n) is 4.91. The van der Waals surface area contributed by atoms with Gasteiger partial charge in [-0.05, 0) is 17.2 Å². The van der Waals surface area contributed by atoms with Crippen LogP contribution in [0.2, 0.25) is 0 Å². The Morgan fingerprint density at radius 1 is 1.67 bits per heavy atom. The van der Waals surface area contributed by atoms with Crippen molar-refractivity contribution in [1.82, 2.24) is 4.98 Å². The summed E-state index contributed by atoms with van der Waals surface area (Å²) in [6.45, 7) is -0.0420. The Balaban J connectivity index is 3.01. The monoisotopic (exact) mass is 119 g/mol. The van der Waals surface area contributed by atoms with Crippen LogP contribution in [-0.4, -0.2) is 17.9 Å². The number of aliphatic hydroxyl groups excluding tert-OH is 1. The Hall–Kier alpha value is -0.825. The lowest BCUT2D eigenvalue weighted by molar-refractivity contribution is 0.282. The molecule has 1 heterocycles. The van der Waals surface area contributed by atoms with Crippen molar-refractivity contribution in [3.8, 4) is 0 Å². The van der Waals surface area contributed by atoms with Crippen molar-refractivity contribution < 1.29 is 5.11 Å². The van der Waals surface area contributed by atoms with Gasteiger partial charge in [0.05, 0.1) is 6.61 Å². The summed E-state index contributed by atoms with van der Waals surface area (Å²) in [5.74, 6) is 0. The molecule has 1 aromatic rings. The fraction of sp³-hybridized carbons (Fsp3) is 0.167. The molecule has 1 rings (SSSR count). The summed E-state index contributed by atoms with van der Waals surface area (Å²) >= 11 is 0. The number of hydrogen-bond acceptors (Lipinski definition) is 2. The number of hydrogen-bond donors (Lipinski definition) is 1. The zero-order chi connectivity index (χ0) is 6.69. The highest BCUT2D eigenvalue weighted by molar-refractivity contribution is 6.31. The maximum atomic E-state index is 8.60. The van der Waals surface area contributed by atoms with E-state index in [-0.39, 0.29) is 6.61 Å². The molecule has 0 aliphatic rings. The molecule has 0 saturated carbocycles. The van der Waals surface area contributed by atoms with Gasteiger partial charge in [0.15, 0.2) is 0 Å². The molecule has 0 unspecified atom stereocenters. The Morgan fingerprint density at radius 2 is 2.44 bits per heavy atom. The van der Waals surface area contributed by atoms with E-state index < -0.39 is 0 Å². The third-order valence-corrected chi connectivity index (χ3v) is 1.10. The van der Waals surface area contributed by atoms with Crippen molar-refractivity contribution >= 4 is 13.4 Å². The molecule has 1 N–H and O–H groups in total. The first kappa shape index (κ1) is 6.30. The van der Waals surface area contributed by atoms with E-state index in [4.69, 9.17) is 13.0 Å². The van der Waals surface area contributed by atoms with Crippen LogP contribution in [0.25, 0.3) is 0 Å². The average Bonchev–Trinajstić information content (AvgIpc) is 1.89. The van der Waals surface area contributed by atoms with Crippen molar-refractivity contribution in [3.05, 3.63) is 23.9 Å². The van der Waals surface area contributed by atoms with Crippen LogP contribution in [0.4, 0.5) is 0 Å². The van der Waals surface area contributed by atoms with Crippen molar-refractivity contribution in [2.24, 2.45) is 0 Å². The molecule has 0 saturated heterocycles. The first-order valence-electron chi connectivity index (χ1n) is 2.65. The molecule has 0 atom stereocenters. The Bertz CT molecular complexity index is 202. The molecule has 3 heteroatoms. The molecule has 2 radical (unpaired) electrons. The molecule has 0 amide bonds. The molecule has 0 fully saturated rings. The minimum Gasteiger partial charge on any atom is -0.392 e. The fourth-order valence-electron chi connectivity index (χ4n) is 0.585. The molecule has 9 heavy (non-hydrogen) atoms. The van der Waals surface area contributed by atoms with E-state index in [1.165, 1.54) is 0 Å². The lowest BCUT2D eigenvalue weighted by atomic mass is 9.98. The molecular weight excluding hydrogens is 113 g/mol. The maximum absolute atomic E-state index is 8.60. The van der Waals surface area contributed by atoms with Gasteiger partial charge in [0.2, 0.25) is 0 Å². The SMILES string of the molecule is [B]c1ncccc1CO. The summed E-state index contributed by atoms with van der Waals surface area (Å²) in [5, 5.41) is 8.60. The van der Waals surface area contributed by atoms with E-state index in [9.17, 15) is 0 Å². The van der Waals surface area contributed by atoms with Crippen LogP contribution in [0.5, 0.6) is 0 Å². The van der Waals surface area contributed by atoms with Crippen LogP contribution < -0.4 is 5.59 Å². The molecule has 0 aliphatic heterocycles. The summed E-state index contributed by atoms with van der Waals surface area (Å²) < 4.78 is 0. The fourth-order valence-corrected chi connectivity index (χ4v) is 0.585. The highest BCUT2D eigenvalue weighted by atomic mass is 16.3. The Morgan fingerprint density at radius 3 is 2.89 bits per heavy atom. The van der Waals surface area contributed by atoms with Gasteiger partial charge in [-0.2, -0.15) is 0 Å². The van der Waals surface area contributed by atoms with Gasteiger partial charge in [0.25, 0.3) is 0 Å². The highest BCUT2D eigenvalue weighted by Gasteiger charge is 1.91. The number of rotatable bonds is 1. The standard InChI is InChI=1S/C6H6BNO/c7-6-5(4-9)2-1-3-8-6/h1-3,9H,4H2. The van der Waals surface area contributed by atoms with Crippen LogP contribution in [0.3, 0.4) is 0 Å². The first-order valence-corrected chi connectivity index (χ1v) is 2.65. The Kier molecular flexibility index (Phi) is 1.85. The predicted molar refractivity (Wildman–Crippen MR) is 35.5 cm³/mol. The van der Waals surface area contributed by atoms with Gasteiger partial charge in [-0.1, -0.05) is 6.07 Å². The van der Waals surface area contributed by atoms with Gasteiger partial charge in [-0.25, -0.2) is 0 Å². The maximum Gasteiger partial charge on any atom is 0.142 e. The number of pyridine rings is 1. The summed E-state index contributed by atoms with van der Waals surface area (Å²) in [6.07, 6.45) is 1.59. The lowest BCUT2D eigenvalue weighted by Crippen LogP contribution is -2.13. The largest absolute Gasteiger partial charge is 0.392 e. The normalized spacial score (nSPS) is 9.44. The van der Waals surface area contributed by atoms with E-state index in [1.54, 1.807) is 18.3 Å². The van der Waals surface area contributed by atoms with Gasteiger partial charge in [0, 0.05) is 6.20 Å². The third kappa shape index (κ3) is 1.30. The molecule has 0 aliphatic carbocycles. The zero-order valence-corrected chi connectivity index (χ0v) is 4.91. The van der Waals surface area contributed by atoms with E-state index in [0.717, 1.165) is 0 Å². The van der Waals surface area contributed by atoms with E-state index in [2.05, 4.69) is 4.98 Å². The second-order valence-electron chi connectivity index (χ2n) is 1.71. The number of aliphatic hydroxyl groups is 1. The molecular formula is C6H6BNO. The molecule has 0 aromatic carbocycles. The van der Waals surface area contributed by atoms with E-state index in [0.29, 0.717) is 11.2 Å². The van der Waals surface area contributed by atoms with E-state index in [1.807, 2.05) is 0 Å². The second kappa shape index (κ2) is 2.64. The minimum atomic E-state index is -0.0420. The number of nitrogens with zero attached hydrogens (tertiary/aromatic N) is 1. The molecule has 0 bridgehead atoms. The van der Waals surface area contributed by atoms with Gasteiger partial charge in [-0.15, -0.1) is 0 Å². The van der Waals surface area contributed by atoms with Crippen LogP contribution in [0, 0.1) is 0 Å². The summed E-state index contributed by atoms with van der Waals surface area (Å²) in [6, 6.07) is 3.48. The van der Waals surface area contributed by atoms with Crippen molar-refractivity contribution in [2.75, 3.05) is 0 Å². The van der Waals surface area contributed by atoms with E-state index >= 15 is 0 Å². The Labute approximate surface area is 55.0 Å². The topological polar surface area (TPSA) is 33.1 Å². The van der Waals surface area contributed by atoms with Gasteiger partial charge in [0.1, 0.15) is 7.85 Å². The summed E-state index contributed by atoms with van der Waals surface area (Å²) in [4.78, 5) is 3.77. The molecule has 0 spiro atoms. The molecule has 2 nitrogen and oxygen atoms in total. The highest BCUT2D eigenvalue weighted by Crippen LogP contribution is 1.89. The van der Waals surface area contributed by atoms with Crippen LogP contribution in [0.1, 0.15) is 5.56 Å². The van der Waals surface area contributed by atoms with Crippen molar-refractivity contribution in [1.29, 1.82) is 0 Å². The number of aromatic nitrogens is 1. The van der Waals surface area contributed by atoms with Gasteiger partial charge >= 0.3 is 0 Å². The second-order valence-corrected chi connectivity index (χ2v) is 1.71. The smallest absolute Gasteiger partial charge is 0.142 e. The van der Waals surface area contributed by atoms with Crippen LogP contribution >= 0.6 is 0 Å². The average molecular weight is 119 g/mol. The third-order valence-electron chi connectivity index (χ3n) is 1.10. The summed E-state index contributed by atoms with van der Waals surface area (Å²) in [7, 11) is 5.36. The van der Waals surface area contributed by atoms with Crippen LogP contribution in [0.15, 0.2) is 18.3 Å². The van der Waals surface area contributed by atoms with Crippen LogP contribution in [-0.2, 0) is 6.61 Å². The first-order chi connectivity index (χ1) is 4.34. The van der Waals surface area contributed by atoms with Gasteiger partial charge < -0.3 is 5.11 Å². The molecule has 1 aromatic heterocycles. The minimum absolute atomic E-state index is 0.0420. The predicted octanol–water partition coefficient (Wildman–Crippen LogP) is -0.632. The summed E-state index contributed by atoms with van der Waals surface area (Å²) in [5.41, 5.74) is 1.08. The van der Waals surface area contributed by atoms with Crippen molar-refractivity contribution in [3.63, 3.8) is 0 Å². The molecule has 44 valence electrons. The van der Waals surface area contributed by atoms with Crippen molar-refractivity contribution in [2.45, 2.75) is 6.61 Å². The lowest BCUT2D eigenvalue weighted by Gasteiger charge is -1.97. The quantitative estimate of drug-likeness (QED) is 0.499.